The van der Waals surface area contributed by atoms with E-state index in [1.165, 1.54) is 0 Å². The van der Waals surface area contributed by atoms with Crippen LogP contribution in [0.15, 0.2) is 12.3 Å². The molecule has 1 amide bonds. The Morgan fingerprint density at radius 2 is 2.13 bits per heavy atom. The summed E-state index contributed by atoms with van der Waals surface area (Å²) < 4.78 is 7.26. The molecule has 1 aliphatic carbocycles. The van der Waals surface area contributed by atoms with E-state index < -0.39 is 0 Å². The maximum absolute atomic E-state index is 12.6. The van der Waals surface area contributed by atoms with Gasteiger partial charge in [-0.25, -0.2) is 4.98 Å². The van der Waals surface area contributed by atoms with Crippen molar-refractivity contribution in [3.05, 3.63) is 23.5 Å². The largest absolute Gasteiger partial charge is 0.380 e. The molecule has 0 bridgehead atoms. The first-order valence-electron chi connectivity index (χ1n) is 7.90. The maximum Gasteiger partial charge on any atom is 0.253 e. The molecule has 23 heavy (non-hydrogen) atoms. The lowest BCUT2D eigenvalue weighted by Gasteiger charge is -2.56. The molecule has 1 aliphatic rings. The summed E-state index contributed by atoms with van der Waals surface area (Å²) in [6.07, 6.45) is 1.78. The Balaban J connectivity index is 1.83. The third-order valence-electron chi connectivity index (χ3n) is 5.20. The number of fused-ring (bicyclic) bond motifs is 1. The molecule has 124 valence electrons. The Bertz CT molecular complexity index is 765. The molecule has 3 atom stereocenters. The minimum atomic E-state index is -0.0952. The van der Waals surface area contributed by atoms with Crippen molar-refractivity contribution in [1.29, 1.82) is 0 Å². The quantitative estimate of drug-likeness (QED) is 0.941. The highest BCUT2D eigenvalue weighted by Gasteiger charge is 2.55. The summed E-state index contributed by atoms with van der Waals surface area (Å²) in [4.78, 5) is 17.0. The van der Waals surface area contributed by atoms with Crippen molar-refractivity contribution in [3.8, 4) is 0 Å². The lowest BCUT2D eigenvalue weighted by Crippen LogP contribution is -2.67. The number of amides is 1. The second kappa shape index (κ2) is 5.30. The van der Waals surface area contributed by atoms with E-state index in [0.717, 1.165) is 16.7 Å². The van der Waals surface area contributed by atoms with Crippen LogP contribution >= 0.6 is 0 Å². The number of methoxy groups -OCH3 is 1. The molecule has 6 nitrogen and oxygen atoms in total. The predicted octanol–water partition coefficient (Wildman–Crippen LogP) is 2.07. The van der Waals surface area contributed by atoms with Gasteiger partial charge in [-0.2, -0.15) is 5.10 Å². The van der Waals surface area contributed by atoms with Gasteiger partial charge in [-0.05, 0) is 13.0 Å². The molecule has 1 fully saturated rings. The number of hydrogen-bond donors (Lipinski definition) is 1. The van der Waals surface area contributed by atoms with Crippen molar-refractivity contribution < 1.29 is 9.53 Å². The SMILES string of the molecule is CO[C@@H]1[C@@H](C)[C@H](NC(=O)c2cnc3c(c2)c(C)nn3C)C1(C)C. The fraction of sp³-hybridized carbons (Fsp3) is 0.588. The number of rotatable bonds is 3. The van der Waals surface area contributed by atoms with E-state index in [1.54, 1.807) is 18.0 Å². The van der Waals surface area contributed by atoms with Crippen LogP contribution in [0.4, 0.5) is 0 Å². The molecule has 0 spiro atoms. The molecule has 3 rings (SSSR count). The highest BCUT2D eigenvalue weighted by Crippen LogP contribution is 2.46. The first-order chi connectivity index (χ1) is 10.8. The van der Waals surface area contributed by atoms with Crippen molar-refractivity contribution >= 4 is 16.9 Å². The standard InChI is InChI=1S/C17H24N4O2/c1-9-13(17(3,4)14(9)23-6)19-16(22)11-7-12-10(2)20-21(5)15(12)18-8-11/h7-9,13-14H,1-6H3,(H,19,22)/t9-,13-,14+/m0/s1. The number of carbonyl (C=O) groups excluding carboxylic acids is 1. The van der Waals surface area contributed by atoms with Gasteiger partial charge >= 0.3 is 0 Å². The number of aryl methyl sites for hydroxylation is 2. The number of nitrogens with zero attached hydrogens (tertiary/aromatic N) is 3. The minimum Gasteiger partial charge on any atom is -0.380 e. The number of aromatic nitrogens is 3. The molecular formula is C17H24N4O2. The fourth-order valence-electron chi connectivity index (χ4n) is 4.08. The van der Waals surface area contributed by atoms with Crippen molar-refractivity contribution in [1.82, 2.24) is 20.1 Å². The molecule has 0 radical (unpaired) electrons. The van der Waals surface area contributed by atoms with Crippen LogP contribution in [-0.2, 0) is 11.8 Å². The van der Waals surface area contributed by atoms with Crippen molar-refractivity contribution in [2.24, 2.45) is 18.4 Å². The van der Waals surface area contributed by atoms with Gasteiger partial charge in [-0.15, -0.1) is 0 Å². The van der Waals surface area contributed by atoms with E-state index in [9.17, 15) is 4.79 Å². The Labute approximate surface area is 136 Å². The number of pyridine rings is 1. The fourth-order valence-corrected chi connectivity index (χ4v) is 4.08. The Morgan fingerprint density at radius 3 is 2.74 bits per heavy atom. The summed E-state index contributed by atoms with van der Waals surface area (Å²) in [7, 11) is 3.58. The van der Waals surface area contributed by atoms with E-state index in [4.69, 9.17) is 4.74 Å². The third-order valence-corrected chi connectivity index (χ3v) is 5.20. The smallest absolute Gasteiger partial charge is 0.253 e. The van der Waals surface area contributed by atoms with Gasteiger partial charge in [0.15, 0.2) is 5.65 Å². The summed E-state index contributed by atoms with van der Waals surface area (Å²) in [6.45, 7) is 8.28. The van der Waals surface area contributed by atoms with E-state index in [2.05, 4.69) is 36.2 Å². The van der Waals surface area contributed by atoms with Crippen LogP contribution in [0.5, 0.6) is 0 Å². The van der Waals surface area contributed by atoms with Gasteiger partial charge in [-0.3, -0.25) is 9.48 Å². The monoisotopic (exact) mass is 316 g/mol. The zero-order valence-electron chi connectivity index (χ0n) is 14.5. The van der Waals surface area contributed by atoms with Gasteiger partial charge in [0, 0.05) is 43.1 Å². The molecule has 2 aromatic heterocycles. The zero-order chi connectivity index (χ0) is 16.9. The minimum absolute atomic E-state index is 0.0778. The molecule has 6 heteroatoms. The van der Waals surface area contributed by atoms with Gasteiger partial charge in [-0.1, -0.05) is 20.8 Å². The number of hydrogen-bond acceptors (Lipinski definition) is 4. The van der Waals surface area contributed by atoms with Crippen molar-refractivity contribution in [2.75, 3.05) is 7.11 Å². The Hall–Kier alpha value is -1.95. The van der Waals surface area contributed by atoms with Gasteiger partial charge in [0.2, 0.25) is 0 Å². The van der Waals surface area contributed by atoms with Crippen molar-refractivity contribution in [3.63, 3.8) is 0 Å². The van der Waals surface area contributed by atoms with Gasteiger partial charge in [0.25, 0.3) is 5.91 Å². The van der Waals surface area contributed by atoms with Gasteiger partial charge < -0.3 is 10.1 Å². The molecule has 2 heterocycles. The average molecular weight is 316 g/mol. The second-order valence-corrected chi connectivity index (χ2v) is 7.09. The normalized spacial score (nSPS) is 26.1. The summed E-state index contributed by atoms with van der Waals surface area (Å²) >= 11 is 0. The van der Waals surface area contributed by atoms with Crippen LogP contribution in [0, 0.1) is 18.3 Å². The summed E-state index contributed by atoms with van der Waals surface area (Å²) in [5, 5.41) is 8.40. The van der Waals surface area contributed by atoms with Gasteiger partial charge in [0.1, 0.15) is 0 Å². The van der Waals surface area contributed by atoms with Crippen LogP contribution in [-0.4, -0.2) is 39.9 Å². The van der Waals surface area contributed by atoms with Crippen LogP contribution in [0.3, 0.4) is 0 Å². The molecular weight excluding hydrogens is 292 g/mol. The maximum atomic E-state index is 12.6. The lowest BCUT2D eigenvalue weighted by atomic mass is 9.58. The van der Waals surface area contributed by atoms with Crippen LogP contribution in [0.1, 0.15) is 36.8 Å². The third kappa shape index (κ3) is 2.32. The molecule has 2 aromatic rings. The topological polar surface area (TPSA) is 69.0 Å². The molecule has 1 N–H and O–H groups in total. The highest BCUT2D eigenvalue weighted by atomic mass is 16.5. The first-order valence-corrected chi connectivity index (χ1v) is 7.90. The summed E-state index contributed by atoms with van der Waals surface area (Å²) in [6, 6.07) is 1.95. The van der Waals surface area contributed by atoms with E-state index >= 15 is 0 Å². The van der Waals surface area contributed by atoms with E-state index in [0.29, 0.717) is 5.56 Å². The molecule has 0 aromatic carbocycles. The predicted molar refractivity (Wildman–Crippen MR) is 88.2 cm³/mol. The molecule has 0 unspecified atom stereocenters. The van der Waals surface area contributed by atoms with Crippen molar-refractivity contribution in [2.45, 2.75) is 39.8 Å². The zero-order valence-corrected chi connectivity index (χ0v) is 14.5. The van der Waals surface area contributed by atoms with Crippen LogP contribution in [0.25, 0.3) is 11.0 Å². The number of ether oxygens (including phenoxy) is 1. The highest BCUT2D eigenvalue weighted by molar-refractivity contribution is 5.97. The van der Waals surface area contributed by atoms with E-state index in [1.807, 2.05) is 20.0 Å². The van der Waals surface area contributed by atoms with Crippen LogP contribution in [0.2, 0.25) is 0 Å². The number of nitrogens with one attached hydrogen (secondary N) is 1. The lowest BCUT2D eigenvalue weighted by molar-refractivity contribution is -0.141. The van der Waals surface area contributed by atoms with Crippen LogP contribution < -0.4 is 5.32 Å². The molecule has 0 aliphatic heterocycles. The molecule has 1 saturated carbocycles. The Morgan fingerprint density at radius 1 is 1.43 bits per heavy atom. The first kappa shape index (κ1) is 15.9. The molecule has 0 saturated heterocycles. The average Bonchev–Trinajstić information content (AvgIpc) is 2.79. The Kier molecular flexibility index (Phi) is 3.67. The second-order valence-electron chi connectivity index (χ2n) is 7.09. The summed E-state index contributed by atoms with van der Waals surface area (Å²) in [5.41, 5.74) is 2.15. The van der Waals surface area contributed by atoms with E-state index in [-0.39, 0.29) is 29.4 Å². The summed E-state index contributed by atoms with van der Waals surface area (Å²) in [5.74, 6) is 0.192. The van der Waals surface area contributed by atoms with Gasteiger partial charge in [0.05, 0.1) is 17.4 Å². The number of carbonyl (C=O) groups is 1.